The van der Waals surface area contributed by atoms with Crippen molar-refractivity contribution >= 4 is 35.6 Å². The third kappa shape index (κ3) is 71.4. The lowest BCUT2D eigenvalue weighted by molar-refractivity contribution is -0.194. The Labute approximate surface area is 623 Å². The highest BCUT2D eigenvalue weighted by atomic mass is 16.6. The molecule has 0 aromatic heterocycles. The van der Waals surface area contributed by atoms with Gasteiger partial charge < -0.3 is 23.7 Å². The maximum atomic E-state index is 14.8. The molecule has 0 saturated carbocycles. The molecule has 0 aromatic carbocycles. The summed E-state index contributed by atoms with van der Waals surface area (Å²) in [7, 11) is 0. The van der Waals surface area contributed by atoms with Crippen LogP contribution in [0.15, 0.2) is 48.6 Å². The van der Waals surface area contributed by atoms with Crippen LogP contribution >= 0.6 is 0 Å². The predicted octanol–water partition coefficient (Wildman–Crippen LogP) is 27.4. The number of rotatable bonds is 80. The number of carbonyl (C=O) groups excluding carboxylic acids is 6. The van der Waals surface area contributed by atoms with Crippen LogP contribution in [0.1, 0.15) is 458 Å². The molecule has 0 unspecified atom stereocenters. The standard InChI is InChI=1S/C90H162O11/c1-6-11-16-21-26-31-35-39-43-47-51-56-61-66-71-76-85(93)98-81-83(99-86(94)77-72-67-62-57-52-48-44-40-36-32-27-22-17-12-7-2)90(101-88(96)79-74-69-64-59-54-50-46-42-38-34-29-24-19-14-9-4)89(82(91)80-97-84(92)75-70-65-60-55-30-25-20-15-10-5)100-87(95)78-73-68-63-58-53-49-45-41-37-33-28-23-18-13-8-3/h39-46,83,89-90H,6-38,47-81H2,1-5H3/b43-39-,44-40-,45-41-,46-42-/t83-,89+,90+/m1/s1. The van der Waals surface area contributed by atoms with Crippen molar-refractivity contribution < 1.29 is 52.5 Å². The molecule has 0 aromatic rings. The number of esters is 5. The van der Waals surface area contributed by atoms with Gasteiger partial charge in [0.1, 0.15) is 6.61 Å². The normalized spacial score (nSPS) is 12.7. The van der Waals surface area contributed by atoms with Crippen LogP contribution in [0.5, 0.6) is 0 Å². The molecule has 0 rings (SSSR count). The van der Waals surface area contributed by atoms with Gasteiger partial charge in [0.2, 0.25) is 11.9 Å². The zero-order valence-electron chi connectivity index (χ0n) is 66.9. The highest BCUT2D eigenvalue weighted by Gasteiger charge is 2.43. The van der Waals surface area contributed by atoms with E-state index in [1.54, 1.807) is 0 Å². The topological polar surface area (TPSA) is 149 Å². The fourth-order valence-electron chi connectivity index (χ4n) is 13.0. The van der Waals surface area contributed by atoms with E-state index in [9.17, 15) is 28.8 Å². The van der Waals surface area contributed by atoms with E-state index in [2.05, 4.69) is 83.2 Å². The van der Waals surface area contributed by atoms with E-state index in [1.807, 2.05) is 0 Å². The Morgan fingerprint density at radius 3 is 0.703 bits per heavy atom. The Morgan fingerprint density at radius 2 is 0.436 bits per heavy atom. The molecule has 0 saturated heterocycles. The second-order valence-electron chi connectivity index (χ2n) is 29.6. The molecule has 0 spiro atoms. The van der Waals surface area contributed by atoms with Gasteiger partial charge in [-0.25, -0.2) is 0 Å². The van der Waals surface area contributed by atoms with Gasteiger partial charge in [-0.05, 0) is 135 Å². The lowest BCUT2D eigenvalue weighted by atomic mass is 10.0. The summed E-state index contributed by atoms with van der Waals surface area (Å²) in [5.41, 5.74) is 0. The van der Waals surface area contributed by atoms with Crippen LogP contribution in [-0.2, 0) is 52.5 Å². The third-order valence-electron chi connectivity index (χ3n) is 19.6. The number of hydrogen-bond donors (Lipinski definition) is 0. The molecular weight excluding hydrogens is 1260 g/mol. The van der Waals surface area contributed by atoms with Crippen molar-refractivity contribution in [2.45, 2.75) is 477 Å². The van der Waals surface area contributed by atoms with E-state index in [1.165, 1.54) is 186 Å². The molecule has 101 heavy (non-hydrogen) atoms. The summed E-state index contributed by atoms with van der Waals surface area (Å²) in [5.74, 6) is -3.80. The van der Waals surface area contributed by atoms with Gasteiger partial charge in [0.25, 0.3) is 0 Å². The first-order chi connectivity index (χ1) is 49.6. The SMILES string of the molecule is CCCCCCCC/C=C\CCCCCCCC(=O)OC[C@@H](OC(=O)CCCCCCC/C=C\CCCCCCCC)[C@H](OC(=O)CCCCCCC/C=C\CCCCCCCC)[C@@H](OC(=O)CCCCCCC/C=C\CCCCCCCC)C(=O)COC(=O)CCCCCCCCCCC. The fourth-order valence-corrected chi connectivity index (χ4v) is 13.0. The Hall–Kier alpha value is -4.02. The molecular formula is C90H162O11. The molecule has 0 N–H and O–H groups in total. The van der Waals surface area contributed by atoms with Gasteiger partial charge in [0.15, 0.2) is 18.8 Å². The van der Waals surface area contributed by atoms with E-state index in [-0.39, 0.29) is 32.1 Å². The van der Waals surface area contributed by atoms with Crippen LogP contribution in [0.3, 0.4) is 0 Å². The second kappa shape index (κ2) is 80.1. The van der Waals surface area contributed by atoms with Crippen molar-refractivity contribution in [3.8, 4) is 0 Å². The van der Waals surface area contributed by atoms with E-state index in [0.29, 0.717) is 32.1 Å². The summed E-state index contributed by atoms with van der Waals surface area (Å²) < 4.78 is 30.2. The largest absolute Gasteiger partial charge is 0.462 e. The predicted molar refractivity (Wildman–Crippen MR) is 426 cm³/mol. The number of carbonyl (C=O) groups is 6. The first kappa shape index (κ1) is 97.0. The van der Waals surface area contributed by atoms with Crippen molar-refractivity contribution in [2.75, 3.05) is 13.2 Å². The minimum Gasteiger partial charge on any atom is -0.462 e. The van der Waals surface area contributed by atoms with Crippen molar-refractivity contribution in [3.05, 3.63) is 48.6 Å². The number of ketones is 1. The average Bonchev–Trinajstić information content (AvgIpc) is 0.845. The maximum absolute atomic E-state index is 14.8. The van der Waals surface area contributed by atoms with Gasteiger partial charge in [0.05, 0.1) is 0 Å². The van der Waals surface area contributed by atoms with Crippen LogP contribution < -0.4 is 0 Å². The zero-order chi connectivity index (χ0) is 73.5. The summed E-state index contributed by atoms with van der Waals surface area (Å²) in [6.45, 7) is 9.95. The monoisotopic (exact) mass is 1420 g/mol. The molecule has 0 fully saturated rings. The number of hydrogen-bond acceptors (Lipinski definition) is 11. The van der Waals surface area contributed by atoms with Crippen LogP contribution in [0.25, 0.3) is 0 Å². The Kier molecular flexibility index (Phi) is 76.9. The quantitative estimate of drug-likeness (QED) is 0.0248. The van der Waals surface area contributed by atoms with Crippen molar-refractivity contribution in [2.24, 2.45) is 0 Å². The summed E-state index contributed by atoms with van der Waals surface area (Å²) in [6, 6.07) is 0. The molecule has 0 amide bonds. The first-order valence-corrected chi connectivity index (χ1v) is 43.6. The Morgan fingerprint density at radius 1 is 0.228 bits per heavy atom. The number of unbranched alkanes of at least 4 members (excludes halogenated alkanes) is 52. The van der Waals surface area contributed by atoms with Crippen molar-refractivity contribution in [3.63, 3.8) is 0 Å². The van der Waals surface area contributed by atoms with Crippen LogP contribution in [0.4, 0.5) is 0 Å². The molecule has 0 aliphatic rings. The van der Waals surface area contributed by atoms with E-state index >= 15 is 0 Å². The summed E-state index contributed by atoms with van der Waals surface area (Å²) in [6.07, 6.45) is 80.9. The zero-order valence-corrected chi connectivity index (χ0v) is 66.9. The summed E-state index contributed by atoms with van der Waals surface area (Å²) in [4.78, 5) is 84.2. The van der Waals surface area contributed by atoms with Gasteiger partial charge in [-0.15, -0.1) is 0 Å². The highest BCUT2D eigenvalue weighted by Crippen LogP contribution is 2.23. The minimum atomic E-state index is -1.81. The van der Waals surface area contributed by atoms with Gasteiger partial charge in [-0.3, -0.25) is 28.8 Å². The fraction of sp³-hybridized carbons (Fsp3) is 0.844. The molecule has 588 valence electrons. The molecule has 0 aliphatic carbocycles. The lowest BCUT2D eigenvalue weighted by Crippen LogP contribution is -2.52. The minimum absolute atomic E-state index is 0.000783. The molecule has 11 heteroatoms. The molecule has 0 heterocycles. The van der Waals surface area contributed by atoms with Gasteiger partial charge >= 0.3 is 29.8 Å². The van der Waals surface area contributed by atoms with E-state index in [4.69, 9.17) is 23.7 Å². The van der Waals surface area contributed by atoms with Crippen LogP contribution in [-0.4, -0.2) is 67.2 Å². The van der Waals surface area contributed by atoms with Crippen molar-refractivity contribution in [1.82, 2.24) is 0 Å². The lowest BCUT2D eigenvalue weighted by Gasteiger charge is -2.31. The van der Waals surface area contributed by atoms with E-state index in [0.717, 1.165) is 173 Å². The van der Waals surface area contributed by atoms with E-state index < -0.39 is 67.2 Å². The van der Waals surface area contributed by atoms with Gasteiger partial charge in [-0.2, -0.15) is 0 Å². The Bertz CT molecular complexity index is 1970. The summed E-state index contributed by atoms with van der Waals surface area (Å²) >= 11 is 0. The van der Waals surface area contributed by atoms with Crippen LogP contribution in [0.2, 0.25) is 0 Å². The smallest absolute Gasteiger partial charge is 0.306 e. The first-order valence-electron chi connectivity index (χ1n) is 43.6. The molecule has 0 aliphatic heterocycles. The van der Waals surface area contributed by atoms with Crippen LogP contribution in [0, 0.1) is 0 Å². The highest BCUT2D eigenvalue weighted by molar-refractivity contribution is 5.89. The Balaban J connectivity index is 6.60. The van der Waals surface area contributed by atoms with Gasteiger partial charge in [-0.1, -0.05) is 340 Å². The van der Waals surface area contributed by atoms with Crippen molar-refractivity contribution in [1.29, 1.82) is 0 Å². The number of Topliss-reactive ketones (excluding diaryl/α,β-unsaturated/α-hetero) is 1. The summed E-state index contributed by atoms with van der Waals surface area (Å²) in [5, 5.41) is 0. The molecule has 3 atom stereocenters. The molecule has 0 bridgehead atoms. The van der Waals surface area contributed by atoms with Gasteiger partial charge in [0, 0.05) is 32.1 Å². The molecule has 0 radical (unpaired) electrons. The number of allylic oxidation sites excluding steroid dienone is 8. The molecule has 11 nitrogen and oxygen atoms in total. The second-order valence-corrected chi connectivity index (χ2v) is 29.6. The maximum Gasteiger partial charge on any atom is 0.306 e. The average molecular weight is 1420 g/mol. The number of ether oxygens (including phenoxy) is 5. The third-order valence-corrected chi connectivity index (χ3v) is 19.6.